The first-order valence-electron chi connectivity index (χ1n) is 10.9. The molecule has 0 aliphatic carbocycles. The molecule has 6 nitrogen and oxygen atoms in total. The first-order chi connectivity index (χ1) is 15.0. The van der Waals surface area contributed by atoms with Crippen LogP contribution in [-0.2, 0) is 16.0 Å². The standard InChI is InChI=1S/C25H32N2O4/c1-4-20-9-5-6-10-23(20)31-17-25(29)27-14-12-21(13-15-27)26-24(28)16-30-22-11-7-8-18(2)19(22)3/h5-11,21H,4,12-17H2,1-3H3,(H,26,28). The molecule has 166 valence electrons. The number of hydrogen-bond acceptors (Lipinski definition) is 4. The van der Waals surface area contributed by atoms with E-state index in [0.29, 0.717) is 13.1 Å². The van der Waals surface area contributed by atoms with Gasteiger partial charge in [0.15, 0.2) is 13.2 Å². The van der Waals surface area contributed by atoms with E-state index in [9.17, 15) is 9.59 Å². The van der Waals surface area contributed by atoms with Crippen LogP contribution < -0.4 is 14.8 Å². The molecule has 2 amide bonds. The number of para-hydroxylation sites is 1. The zero-order chi connectivity index (χ0) is 22.2. The Morgan fingerprint density at radius 1 is 0.968 bits per heavy atom. The van der Waals surface area contributed by atoms with Crippen LogP contribution in [0.5, 0.6) is 11.5 Å². The van der Waals surface area contributed by atoms with Crippen molar-refractivity contribution in [3.05, 3.63) is 59.2 Å². The van der Waals surface area contributed by atoms with Gasteiger partial charge in [0.25, 0.3) is 11.8 Å². The summed E-state index contributed by atoms with van der Waals surface area (Å²) in [4.78, 5) is 26.6. The van der Waals surface area contributed by atoms with Gasteiger partial charge in [-0.25, -0.2) is 0 Å². The van der Waals surface area contributed by atoms with E-state index in [0.717, 1.165) is 47.5 Å². The molecule has 1 N–H and O–H groups in total. The average molecular weight is 425 g/mol. The van der Waals surface area contributed by atoms with Crippen molar-refractivity contribution >= 4 is 11.8 Å². The normalized spacial score (nSPS) is 14.2. The van der Waals surface area contributed by atoms with Crippen molar-refractivity contribution in [1.29, 1.82) is 0 Å². The second-order valence-electron chi connectivity index (χ2n) is 7.96. The van der Waals surface area contributed by atoms with Crippen LogP contribution in [0.4, 0.5) is 0 Å². The predicted octanol–water partition coefficient (Wildman–Crippen LogP) is 3.43. The van der Waals surface area contributed by atoms with Crippen LogP contribution >= 0.6 is 0 Å². The first-order valence-corrected chi connectivity index (χ1v) is 10.9. The van der Waals surface area contributed by atoms with Gasteiger partial charge in [-0.3, -0.25) is 9.59 Å². The Morgan fingerprint density at radius 2 is 1.65 bits per heavy atom. The maximum atomic E-state index is 12.5. The van der Waals surface area contributed by atoms with Gasteiger partial charge >= 0.3 is 0 Å². The quantitative estimate of drug-likeness (QED) is 0.705. The molecule has 0 spiro atoms. The Bertz CT molecular complexity index is 904. The summed E-state index contributed by atoms with van der Waals surface area (Å²) in [5.74, 6) is 1.35. The second-order valence-corrected chi connectivity index (χ2v) is 7.96. The zero-order valence-corrected chi connectivity index (χ0v) is 18.6. The minimum Gasteiger partial charge on any atom is -0.483 e. The Hall–Kier alpha value is -3.02. The number of ether oxygens (including phenoxy) is 2. The number of rotatable bonds is 8. The van der Waals surface area contributed by atoms with E-state index in [-0.39, 0.29) is 31.1 Å². The van der Waals surface area contributed by atoms with E-state index < -0.39 is 0 Å². The molecule has 0 atom stereocenters. The third-order valence-electron chi connectivity index (χ3n) is 5.83. The number of nitrogens with one attached hydrogen (secondary N) is 1. The van der Waals surface area contributed by atoms with Gasteiger partial charge in [-0.05, 0) is 61.9 Å². The van der Waals surface area contributed by atoms with Gasteiger partial charge in [0.05, 0.1) is 0 Å². The smallest absolute Gasteiger partial charge is 0.260 e. The molecule has 2 aromatic carbocycles. The summed E-state index contributed by atoms with van der Waals surface area (Å²) < 4.78 is 11.4. The number of benzene rings is 2. The SMILES string of the molecule is CCc1ccccc1OCC(=O)N1CCC(NC(=O)COc2cccc(C)c2C)CC1. The highest BCUT2D eigenvalue weighted by atomic mass is 16.5. The van der Waals surface area contributed by atoms with Gasteiger partial charge in [-0.15, -0.1) is 0 Å². The topological polar surface area (TPSA) is 67.9 Å². The molecule has 0 saturated carbocycles. The molecule has 1 aliphatic rings. The summed E-state index contributed by atoms with van der Waals surface area (Å²) in [7, 11) is 0. The minimum absolute atomic E-state index is 0.00584. The van der Waals surface area contributed by atoms with Crippen molar-refractivity contribution in [2.75, 3.05) is 26.3 Å². The molecule has 0 aromatic heterocycles. The molecule has 0 radical (unpaired) electrons. The van der Waals surface area contributed by atoms with Gasteiger partial charge in [0.2, 0.25) is 0 Å². The predicted molar refractivity (Wildman–Crippen MR) is 120 cm³/mol. The Morgan fingerprint density at radius 3 is 2.39 bits per heavy atom. The number of aryl methyl sites for hydroxylation is 2. The molecule has 0 unspecified atom stereocenters. The van der Waals surface area contributed by atoms with Crippen molar-refractivity contribution in [3.63, 3.8) is 0 Å². The lowest BCUT2D eigenvalue weighted by molar-refractivity contribution is -0.134. The van der Waals surface area contributed by atoms with E-state index in [1.807, 2.05) is 61.2 Å². The lowest BCUT2D eigenvalue weighted by Crippen LogP contribution is -2.48. The Kier molecular flexibility index (Phi) is 7.93. The summed E-state index contributed by atoms with van der Waals surface area (Å²) >= 11 is 0. The third kappa shape index (κ3) is 6.23. The minimum atomic E-state index is -0.134. The molecule has 1 saturated heterocycles. The Balaban J connectivity index is 1.39. The van der Waals surface area contributed by atoms with Gasteiger partial charge in [0, 0.05) is 19.1 Å². The van der Waals surface area contributed by atoms with Gasteiger partial charge in [-0.2, -0.15) is 0 Å². The van der Waals surface area contributed by atoms with Crippen molar-refractivity contribution in [1.82, 2.24) is 10.2 Å². The Labute approximate surface area is 184 Å². The fraction of sp³-hybridized carbons (Fsp3) is 0.440. The van der Waals surface area contributed by atoms with Gasteiger partial charge in [-0.1, -0.05) is 37.3 Å². The van der Waals surface area contributed by atoms with E-state index in [1.54, 1.807) is 0 Å². The maximum Gasteiger partial charge on any atom is 0.260 e. The highest BCUT2D eigenvalue weighted by Gasteiger charge is 2.24. The molecule has 2 aromatic rings. The number of likely N-dealkylation sites (tertiary alicyclic amines) is 1. The lowest BCUT2D eigenvalue weighted by atomic mass is 10.0. The summed E-state index contributed by atoms with van der Waals surface area (Å²) in [6, 6.07) is 13.7. The van der Waals surface area contributed by atoms with Crippen molar-refractivity contribution in [2.45, 2.75) is 46.1 Å². The number of piperidine rings is 1. The van der Waals surface area contributed by atoms with Crippen LogP contribution in [0.1, 0.15) is 36.5 Å². The molecule has 6 heteroatoms. The second kappa shape index (κ2) is 10.8. The van der Waals surface area contributed by atoms with Crippen molar-refractivity contribution in [3.8, 4) is 11.5 Å². The van der Waals surface area contributed by atoms with Crippen LogP contribution in [0.25, 0.3) is 0 Å². The lowest BCUT2D eigenvalue weighted by Gasteiger charge is -2.32. The van der Waals surface area contributed by atoms with E-state index in [2.05, 4.69) is 12.2 Å². The number of amides is 2. The molecule has 1 fully saturated rings. The summed E-state index contributed by atoms with van der Waals surface area (Å²) in [6.07, 6.45) is 2.32. The zero-order valence-electron chi connectivity index (χ0n) is 18.6. The maximum absolute atomic E-state index is 12.5. The number of hydrogen-bond donors (Lipinski definition) is 1. The average Bonchev–Trinajstić information content (AvgIpc) is 2.79. The van der Waals surface area contributed by atoms with Crippen LogP contribution in [-0.4, -0.2) is 49.1 Å². The van der Waals surface area contributed by atoms with Crippen LogP contribution in [0.3, 0.4) is 0 Å². The molecule has 3 rings (SSSR count). The van der Waals surface area contributed by atoms with Crippen LogP contribution in [0.15, 0.2) is 42.5 Å². The van der Waals surface area contributed by atoms with E-state index >= 15 is 0 Å². The van der Waals surface area contributed by atoms with Crippen molar-refractivity contribution < 1.29 is 19.1 Å². The molecule has 1 aliphatic heterocycles. The number of carbonyl (C=O) groups excluding carboxylic acids is 2. The fourth-order valence-electron chi connectivity index (χ4n) is 3.73. The van der Waals surface area contributed by atoms with Crippen LogP contribution in [0.2, 0.25) is 0 Å². The number of carbonyl (C=O) groups is 2. The molecule has 0 bridgehead atoms. The first kappa shape index (κ1) is 22.7. The van der Waals surface area contributed by atoms with Crippen molar-refractivity contribution in [2.24, 2.45) is 0 Å². The molecular weight excluding hydrogens is 392 g/mol. The largest absolute Gasteiger partial charge is 0.483 e. The molecule has 31 heavy (non-hydrogen) atoms. The highest BCUT2D eigenvalue weighted by molar-refractivity contribution is 5.79. The number of nitrogens with zero attached hydrogens (tertiary/aromatic N) is 1. The fourth-order valence-corrected chi connectivity index (χ4v) is 3.73. The van der Waals surface area contributed by atoms with E-state index in [1.165, 1.54) is 0 Å². The van der Waals surface area contributed by atoms with E-state index in [4.69, 9.17) is 9.47 Å². The summed E-state index contributed by atoms with van der Waals surface area (Å²) in [6.45, 7) is 7.33. The molecular formula is C25H32N2O4. The summed E-state index contributed by atoms with van der Waals surface area (Å²) in [5.41, 5.74) is 3.28. The van der Waals surface area contributed by atoms with Gasteiger partial charge in [0.1, 0.15) is 11.5 Å². The van der Waals surface area contributed by atoms with Gasteiger partial charge < -0.3 is 19.7 Å². The third-order valence-corrected chi connectivity index (χ3v) is 5.83. The summed E-state index contributed by atoms with van der Waals surface area (Å²) in [5, 5.41) is 3.02. The van der Waals surface area contributed by atoms with Crippen LogP contribution in [0, 0.1) is 13.8 Å². The highest BCUT2D eigenvalue weighted by Crippen LogP contribution is 2.21. The molecule has 1 heterocycles. The monoisotopic (exact) mass is 424 g/mol.